The van der Waals surface area contributed by atoms with Crippen LogP contribution >= 0.6 is 11.3 Å². The Hall–Kier alpha value is -0.690. The first-order chi connectivity index (χ1) is 7.80. The minimum atomic E-state index is 0.110. The van der Waals surface area contributed by atoms with E-state index >= 15 is 0 Å². The molecule has 1 aromatic rings. The van der Waals surface area contributed by atoms with Crippen molar-refractivity contribution in [2.45, 2.75) is 13.5 Å². The molecule has 0 aliphatic carbocycles. The molecular weight excluding hydrogens is 226 g/mol. The molecule has 92 valence electrons. The number of hydrogen-bond donors (Lipinski definition) is 3. The van der Waals surface area contributed by atoms with Gasteiger partial charge in [-0.15, -0.1) is 11.3 Å². The largest absolute Gasteiger partial charge is 0.395 e. The Morgan fingerprint density at radius 2 is 2.06 bits per heavy atom. The Kier molecular flexibility index (Phi) is 6.32. The summed E-state index contributed by atoms with van der Waals surface area (Å²) in [6.07, 6.45) is 1.84. The molecule has 0 bridgehead atoms. The van der Waals surface area contributed by atoms with Crippen LogP contribution in [-0.4, -0.2) is 52.9 Å². The van der Waals surface area contributed by atoms with Crippen LogP contribution in [0.3, 0.4) is 0 Å². The fourth-order valence-corrected chi connectivity index (χ4v) is 2.31. The van der Waals surface area contributed by atoms with Crippen LogP contribution in [0.4, 0.5) is 5.13 Å². The van der Waals surface area contributed by atoms with E-state index in [4.69, 9.17) is 10.2 Å². The molecule has 1 rings (SSSR count). The number of nitrogens with one attached hydrogen (secondary N) is 1. The second-order valence-electron chi connectivity index (χ2n) is 3.39. The predicted octanol–water partition coefficient (Wildman–Crippen LogP) is 0.361. The fraction of sp³-hybridized carbons (Fsp3) is 0.700. The zero-order valence-corrected chi connectivity index (χ0v) is 10.3. The van der Waals surface area contributed by atoms with E-state index in [1.54, 1.807) is 11.3 Å². The SMILES string of the molecule is CCNc1ncc(CN(CCO)CCO)s1. The summed E-state index contributed by atoms with van der Waals surface area (Å²) >= 11 is 1.61. The molecule has 0 saturated carbocycles. The second kappa shape index (κ2) is 7.56. The number of thiazole rings is 1. The van der Waals surface area contributed by atoms with Crippen molar-refractivity contribution in [2.24, 2.45) is 0 Å². The van der Waals surface area contributed by atoms with E-state index in [0.29, 0.717) is 13.1 Å². The van der Waals surface area contributed by atoms with Crippen LogP contribution < -0.4 is 5.32 Å². The van der Waals surface area contributed by atoms with Gasteiger partial charge in [0.05, 0.1) is 13.2 Å². The summed E-state index contributed by atoms with van der Waals surface area (Å²) in [5, 5.41) is 21.8. The predicted molar refractivity (Wildman–Crippen MR) is 65.7 cm³/mol. The van der Waals surface area contributed by atoms with E-state index in [2.05, 4.69) is 10.3 Å². The summed E-state index contributed by atoms with van der Waals surface area (Å²) in [7, 11) is 0. The quantitative estimate of drug-likeness (QED) is 0.617. The minimum absolute atomic E-state index is 0.110. The Morgan fingerprint density at radius 3 is 2.62 bits per heavy atom. The number of nitrogens with zero attached hydrogens (tertiary/aromatic N) is 2. The average molecular weight is 245 g/mol. The molecule has 1 aromatic heterocycles. The van der Waals surface area contributed by atoms with Crippen LogP contribution in [0.25, 0.3) is 0 Å². The van der Waals surface area contributed by atoms with Gasteiger partial charge in [-0.2, -0.15) is 0 Å². The molecule has 0 atom stereocenters. The van der Waals surface area contributed by atoms with Gasteiger partial charge in [0.1, 0.15) is 0 Å². The van der Waals surface area contributed by atoms with Gasteiger partial charge in [-0.05, 0) is 6.92 Å². The molecular formula is C10H19N3O2S. The summed E-state index contributed by atoms with van der Waals surface area (Å²) in [6, 6.07) is 0. The first-order valence-electron chi connectivity index (χ1n) is 5.42. The van der Waals surface area contributed by atoms with Gasteiger partial charge in [-0.1, -0.05) is 0 Å². The van der Waals surface area contributed by atoms with Crippen molar-refractivity contribution < 1.29 is 10.2 Å². The molecule has 0 unspecified atom stereocenters. The van der Waals surface area contributed by atoms with Gasteiger partial charge in [0.25, 0.3) is 0 Å². The smallest absolute Gasteiger partial charge is 0.182 e. The molecule has 0 aliphatic heterocycles. The van der Waals surface area contributed by atoms with Crippen molar-refractivity contribution in [3.8, 4) is 0 Å². The Bertz CT molecular complexity index is 287. The van der Waals surface area contributed by atoms with Crippen molar-refractivity contribution in [3.63, 3.8) is 0 Å². The molecule has 0 saturated heterocycles. The lowest BCUT2D eigenvalue weighted by molar-refractivity contribution is 0.157. The van der Waals surface area contributed by atoms with Gasteiger partial charge >= 0.3 is 0 Å². The number of aliphatic hydroxyl groups is 2. The molecule has 6 heteroatoms. The zero-order chi connectivity index (χ0) is 11.8. The number of hydrogen-bond acceptors (Lipinski definition) is 6. The summed E-state index contributed by atoms with van der Waals surface area (Å²) < 4.78 is 0. The standard InChI is InChI=1S/C10H19N3O2S/c1-2-11-10-12-7-9(16-10)8-13(3-5-14)4-6-15/h7,14-15H,2-6,8H2,1H3,(H,11,12). The highest BCUT2D eigenvalue weighted by atomic mass is 32.1. The number of anilines is 1. The van der Waals surface area contributed by atoms with Crippen LogP contribution in [0.2, 0.25) is 0 Å². The number of aliphatic hydroxyl groups excluding tert-OH is 2. The molecule has 0 spiro atoms. The summed E-state index contributed by atoms with van der Waals surface area (Å²) in [4.78, 5) is 7.38. The van der Waals surface area contributed by atoms with Gasteiger partial charge in [0.2, 0.25) is 0 Å². The van der Waals surface area contributed by atoms with Crippen molar-refractivity contribution in [3.05, 3.63) is 11.1 Å². The molecule has 5 nitrogen and oxygen atoms in total. The van der Waals surface area contributed by atoms with E-state index in [9.17, 15) is 0 Å². The maximum Gasteiger partial charge on any atom is 0.182 e. The van der Waals surface area contributed by atoms with Crippen LogP contribution in [0.5, 0.6) is 0 Å². The van der Waals surface area contributed by atoms with Gasteiger partial charge in [0, 0.05) is 37.3 Å². The zero-order valence-electron chi connectivity index (χ0n) is 9.52. The van der Waals surface area contributed by atoms with Crippen molar-refractivity contribution in [2.75, 3.05) is 38.2 Å². The second-order valence-corrected chi connectivity index (χ2v) is 4.50. The average Bonchev–Trinajstić information content (AvgIpc) is 2.67. The molecule has 0 radical (unpaired) electrons. The van der Waals surface area contributed by atoms with Gasteiger partial charge in [0.15, 0.2) is 5.13 Å². The molecule has 1 heterocycles. The first kappa shape index (κ1) is 13.4. The van der Waals surface area contributed by atoms with Crippen LogP contribution in [0.15, 0.2) is 6.20 Å². The molecule has 0 aromatic carbocycles. The van der Waals surface area contributed by atoms with E-state index < -0.39 is 0 Å². The van der Waals surface area contributed by atoms with Crippen molar-refractivity contribution in [1.82, 2.24) is 9.88 Å². The van der Waals surface area contributed by atoms with Crippen LogP contribution in [0, 0.1) is 0 Å². The highest BCUT2D eigenvalue weighted by molar-refractivity contribution is 7.15. The first-order valence-corrected chi connectivity index (χ1v) is 6.24. The normalized spacial score (nSPS) is 11.0. The summed E-state index contributed by atoms with van der Waals surface area (Å²) in [5.41, 5.74) is 0. The van der Waals surface area contributed by atoms with Gasteiger partial charge in [-0.3, -0.25) is 4.90 Å². The van der Waals surface area contributed by atoms with E-state index in [1.807, 2.05) is 18.0 Å². The van der Waals surface area contributed by atoms with E-state index in [0.717, 1.165) is 23.1 Å². The lowest BCUT2D eigenvalue weighted by atomic mass is 10.4. The summed E-state index contributed by atoms with van der Waals surface area (Å²) in [6.45, 7) is 5.00. The topological polar surface area (TPSA) is 68.6 Å². The van der Waals surface area contributed by atoms with Crippen LogP contribution in [-0.2, 0) is 6.54 Å². The lowest BCUT2D eigenvalue weighted by Crippen LogP contribution is -2.28. The highest BCUT2D eigenvalue weighted by Gasteiger charge is 2.07. The third-order valence-corrected chi connectivity index (χ3v) is 3.03. The maximum atomic E-state index is 8.88. The Morgan fingerprint density at radius 1 is 1.38 bits per heavy atom. The maximum absolute atomic E-state index is 8.88. The van der Waals surface area contributed by atoms with Crippen molar-refractivity contribution in [1.29, 1.82) is 0 Å². The Balaban J connectivity index is 2.48. The third-order valence-electron chi connectivity index (χ3n) is 2.09. The minimum Gasteiger partial charge on any atom is -0.395 e. The number of aromatic nitrogens is 1. The van der Waals surface area contributed by atoms with Gasteiger partial charge in [-0.25, -0.2) is 4.98 Å². The molecule has 0 aliphatic rings. The van der Waals surface area contributed by atoms with Crippen molar-refractivity contribution >= 4 is 16.5 Å². The fourth-order valence-electron chi connectivity index (χ4n) is 1.39. The van der Waals surface area contributed by atoms with E-state index in [1.165, 1.54) is 0 Å². The molecule has 0 amide bonds. The molecule has 0 fully saturated rings. The Labute approximate surface area is 99.7 Å². The highest BCUT2D eigenvalue weighted by Crippen LogP contribution is 2.19. The van der Waals surface area contributed by atoms with Gasteiger partial charge < -0.3 is 15.5 Å². The lowest BCUT2D eigenvalue weighted by Gasteiger charge is -2.18. The number of rotatable bonds is 8. The molecule has 3 N–H and O–H groups in total. The van der Waals surface area contributed by atoms with Crippen LogP contribution in [0.1, 0.15) is 11.8 Å². The third kappa shape index (κ3) is 4.44. The summed E-state index contributed by atoms with van der Waals surface area (Å²) in [5.74, 6) is 0. The van der Waals surface area contributed by atoms with E-state index in [-0.39, 0.29) is 13.2 Å². The molecule has 16 heavy (non-hydrogen) atoms. The monoisotopic (exact) mass is 245 g/mol.